The molecule has 0 saturated carbocycles. The van der Waals surface area contributed by atoms with E-state index in [2.05, 4.69) is 37.8 Å². The highest BCUT2D eigenvalue weighted by Crippen LogP contribution is 2.27. The van der Waals surface area contributed by atoms with E-state index >= 15 is 0 Å². The van der Waals surface area contributed by atoms with Gasteiger partial charge < -0.3 is 4.90 Å². The van der Waals surface area contributed by atoms with Gasteiger partial charge in [0.05, 0.1) is 23.3 Å². The first-order valence-electron chi connectivity index (χ1n) is 10.1. The maximum absolute atomic E-state index is 12.1. The lowest BCUT2D eigenvalue weighted by atomic mass is 9.93. The Morgan fingerprint density at radius 1 is 0.897 bits per heavy atom. The van der Waals surface area contributed by atoms with Crippen LogP contribution in [0, 0.1) is 0 Å². The fourth-order valence-electron chi connectivity index (χ4n) is 4.30. The normalized spacial score (nSPS) is 23.2. The third-order valence-electron chi connectivity index (χ3n) is 5.85. The SMILES string of the molecule is O=C1CC(N2CCN(c3cnc4ccccc4n3)CC2)C(c2ccccc2)NN1. The number of rotatable bonds is 3. The van der Waals surface area contributed by atoms with Gasteiger partial charge in [0.2, 0.25) is 5.91 Å². The van der Waals surface area contributed by atoms with Gasteiger partial charge in [0.15, 0.2) is 0 Å². The zero-order valence-corrected chi connectivity index (χ0v) is 16.2. The average molecular weight is 388 g/mol. The third kappa shape index (κ3) is 3.66. The van der Waals surface area contributed by atoms with Crippen LogP contribution in [0.3, 0.4) is 0 Å². The van der Waals surface area contributed by atoms with E-state index in [1.807, 2.05) is 48.7 Å². The molecule has 2 N–H and O–H groups in total. The Labute approximate surface area is 169 Å². The van der Waals surface area contributed by atoms with E-state index in [0.29, 0.717) is 6.42 Å². The van der Waals surface area contributed by atoms with Crippen LogP contribution in [0.2, 0.25) is 0 Å². The van der Waals surface area contributed by atoms with Gasteiger partial charge in [-0.3, -0.25) is 20.1 Å². The minimum atomic E-state index is 0.0463. The lowest BCUT2D eigenvalue weighted by Crippen LogP contribution is -2.60. The smallest absolute Gasteiger partial charge is 0.235 e. The highest BCUT2D eigenvalue weighted by atomic mass is 16.2. The van der Waals surface area contributed by atoms with Gasteiger partial charge in [-0.25, -0.2) is 10.4 Å². The number of nitrogens with one attached hydrogen (secondary N) is 2. The number of fused-ring (bicyclic) bond motifs is 1. The van der Waals surface area contributed by atoms with Crippen LogP contribution in [-0.4, -0.2) is 53.0 Å². The van der Waals surface area contributed by atoms with Crippen molar-refractivity contribution < 1.29 is 4.79 Å². The Balaban J connectivity index is 1.31. The number of para-hydroxylation sites is 2. The van der Waals surface area contributed by atoms with Crippen molar-refractivity contribution in [1.82, 2.24) is 25.7 Å². The molecule has 1 aromatic heterocycles. The molecule has 148 valence electrons. The van der Waals surface area contributed by atoms with Crippen LogP contribution in [0.5, 0.6) is 0 Å². The van der Waals surface area contributed by atoms with Crippen LogP contribution in [-0.2, 0) is 4.79 Å². The van der Waals surface area contributed by atoms with Crippen molar-refractivity contribution in [1.29, 1.82) is 0 Å². The quantitative estimate of drug-likeness (QED) is 0.714. The number of anilines is 1. The van der Waals surface area contributed by atoms with Crippen LogP contribution in [0.15, 0.2) is 60.8 Å². The molecule has 5 rings (SSSR count). The van der Waals surface area contributed by atoms with Gasteiger partial charge in [0.1, 0.15) is 5.82 Å². The first-order chi connectivity index (χ1) is 14.3. The molecule has 0 radical (unpaired) electrons. The van der Waals surface area contributed by atoms with Crippen molar-refractivity contribution in [2.24, 2.45) is 0 Å². The molecule has 2 atom stereocenters. The second-order valence-electron chi connectivity index (χ2n) is 7.59. The Morgan fingerprint density at radius 2 is 1.62 bits per heavy atom. The van der Waals surface area contributed by atoms with E-state index in [1.54, 1.807) is 0 Å². The number of hydrogen-bond donors (Lipinski definition) is 2. The molecule has 7 heteroatoms. The second-order valence-corrected chi connectivity index (χ2v) is 7.59. The van der Waals surface area contributed by atoms with Gasteiger partial charge in [-0.15, -0.1) is 0 Å². The lowest BCUT2D eigenvalue weighted by molar-refractivity contribution is -0.126. The van der Waals surface area contributed by atoms with Crippen molar-refractivity contribution in [3.05, 3.63) is 66.4 Å². The standard InChI is InChI=1S/C22H24N6O/c29-21-14-19(22(26-25-21)16-6-2-1-3-7-16)27-10-12-28(13-11-27)20-15-23-17-8-4-5-9-18(17)24-20/h1-9,15,19,22,26H,10-14H2,(H,25,29). The number of carbonyl (C=O) groups excluding carboxylic acids is 1. The Bertz CT molecular complexity index is 1000. The molecule has 3 heterocycles. The lowest BCUT2D eigenvalue weighted by Gasteiger charge is -2.44. The summed E-state index contributed by atoms with van der Waals surface area (Å²) in [7, 11) is 0. The molecule has 1 amide bonds. The van der Waals surface area contributed by atoms with E-state index < -0.39 is 0 Å². The van der Waals surface area contributed by atoms with Crippen molar-refractivity contribution >= 4 is 22.8 Å². The predicted octanol–water partition coefficient (Wildman–Crippen LogP) is 1.89. The summed E-state index contributed by atoms with van der Waals surface area (Å²) in [6.07, 6.45) is 2.36. The molecule has 2 unspecified atom stereocenters. The number of amides is 1. The summed E-state index contributed by atoms with van der Waals surface area (Å²) >= 11 is 0. The van der Waals surface area contributed by atoms with Crippen molar-refractivity contribution in [3.63, 3.8) is 0 Å². The molecule has 2 saturated heterocycles. The summed E-state index contributed by atoms with van der Waals surface area (Å²) in [5, 5.41) is 0. The van der Waals surface area contributed by atoms with Crippen LogP contribution < -0.4 is 15.8 Å². The second kappa shape index (κ2) is 7.77. The highest BCUT2D eigenvalue weighted by Gasteiger charge is 2.36. The predicted molar refractivity (Wildman–Crippen MR) is 112 cm³/mol. The Hall–Kier alpha value is -3.03. The number of benzene rings is 2. The molecular weight excluding hydrogens is 364 g/mol. The summed E-state index contributed by atoms with van der Waals surface area (Å²) in [6, 6.07) is 18.5. The average Bonchev–Trinajstić information content (AvgIpc) is 2.79. The molecule has 29 heavy (non-hydrogen) atoms. The Morgan fingerprint density at radius 3 is 2.41 bits per heavy atom. The van der Waals surface area contributed by atoms with E-state index in [1.165, 1.54) is 5.56 Å². The number of piperazine rings is 1. The van der Waals surface area contributed by atoms with Crippen molar-refractivity contribution in [2.75, 3.05) is 31.1 Å². The van der Waals surface area contributed by atoms with Gasteiger partial charge in [-0.2, -0.15) is 0 Å². The maximum atomic E-state index is 12.1. The third-order valence-corrected chi connectivity index (χ3v) is 5.85. The molecule has 2 aliphatic heterocycles. The summed E-state index contributed by atoms with van der Waals surface area (Å²) in [5.74, 6) is 0.965. The summed E-state index contributed by atoms with van der Waals surface area (Å²) in [5.41, 5.74) is 9.06. The molecule has 2 fully saturated rings. The molecule has 2 aliphatic rings. The maximum Gasteiger partial charge on any atom is 0.235 e. The zero-order valence-electron chi connectivity index (χ0n) is 16.2. The molecule has 3 aromatic rings. The number of nitrogens with zero attached hydrogens (tertiary/aromatic N) is 4. The molecule has 0 bridgehead atoms. The molecular formula is C22H24N6O. The number of aromatic nitrogens is 2. The van der Waals surface area contributed by atoms with E-state index in [-0.39, 0.29) is 18.0 Å². The van der Waals surface area contributed by atoms with Crippen LogP contribution >= 0.6 is 0 Å². The molecule has 0 spiro atoms. The van der Waals surface area contributed by atoms with E-state index in [9.17, 15) is 4.79 Å². The van der Waals surface area contributed by atoms with Gasteiger partial charge in [-0.1, -0.05) is 42.5 Å². The van der Waals surface area contributed by atoms with E-state index in [4.69, 9.17) is 4.98 Å². The number of hydrogen-bond acceptors (Lipinski definition) is 6. The zero-order chi connectivity index (χ0) is 19.6. The first-order valence-corrected chi connectivity index (χ1v) is 10.1. The van der Waals surface area contributed by atoms with Gasteiger partial charge in [-0.05, 0) is 17.7 Å². The fourth-order valence-corrected chi connectivity index (χ4v) is 4.30. The highest BCUT2D eigenvalue weighted by molar-refractivity contribution is 5.77. The summed E-state index contributed by atoms with van der Waals surface area (Å²) in [4.78, 5) is 26.1. The van der Waals surface area contributed by atoms with Crippen LogP contribution in [0.25, 0.3) is 11.0 Å². The minimum Gasteiger partial charge on any atom is -0.353 e. The van der Waals surface area contributed by atoms with Crippen LogP contribution in [0.4, 0.5) is 5.82 Å². The fraction of sp³-hybridized carbons (Fsp3) is 0.318. The number of hydrazine groups is 1. The molecule has 7 nitrogen and oxygen atoms in total. The van der Waals surface area contributed by atoms with Gasteiger partial charge in [0.25, 0.3) is 0 Å². The van der Waals surface area contributed by atoms with Crippen LogP contribution in [0.1, 0.15) is 18.0 Å². The Kier molecular flexibility index (Phi) is 4.83. The number of carbonyl (C=O) groups is 1. The summed E-state index contributed by atoms with van der Waals surface area (Å²) in [6.45, 7) is 3.51. The largest absolute Gasteiger partial charge is 0.353 e. The molecule has 0 aliphatic carbocycles. The first kappa shape index (κ1) is 18.0. The summed E-state index contributed by atoms with van der Waals surface area (Å²) < 4.78 is 0. The topological polar surface area (TPSA) is 73.4 Å². The van der Waals surface area contributed by atoms with Gasteiger partial charge in [0, 0.05) is 38.6 Å². The monoisotopic (exact) mass is 388 g/mol. The minimum absolute atomic E-state index is 0.0463. The van der Waals surface area contributed by atoms with E-state index in [0.717, 1.165) is 43.0 Å². The van der Waals surface area contributed by atoms with Crippen molar-refractivity contribution in [2.45, 2.75) is 18.5 Å². The van der Waals surface area contributed by atoms with Crippen molar-refractivity contribution in [3.8, 4) is 0 Å². The van der Waals surface area contributed by atoms with Gasteiger partial charge >= 0.3 is 0 Å². The molecule has 2 aromatic carbocycles.